The summed E-state index contributed by atoms with van der Waals surface area (Å²) in [4.78, 5) is 0. The highest BCUT2D eigenvalue weighted by Crippen LogP contribution is 2.57. The zero-order valence-corrected chi connectivity index (χ0v) is 24.3. The molecular weight excluding hydrogens is 422 g/mol. The lowest BCUT2D eigenvalue weighted by molar-refractivity contribution is -0.0525. The molecule has 0 aromatic carbocycles. The molecule has 0 aromatic heterocycles. The SMILES string of the molecule is CCCCPC[C@@H]1C(C2CCCCC2)C(C)C(C)C(C2CCCCC2)[C@@H]1CPCCCC. The highest BCUT2D eigenvalue weighted by molar-refractivity contribution is 7.38. The fourth-order valence-corrected chi connectivity index (χ4v) is 11.8. The average molecular weight is 481 g/mol. The van der Waals surface area contributed by atoms with Gasteiger partial charge in [-0.2, -0.15) is 0 Å². The van der Waals surface area contributed by atoms with Gasteiger partial charge in [-0.05, 0) is 84.8 Å². The van der Waals surface area contributed by atoms with Crippen molar-refractivity contribution in [3.63, 3.8) is 0 Å². The van der Waals surface area contributed by atoms with Gasteiger partial charge in [-0.3, -0.25) is 0 Å². The summed E-state index contributed by atoms with van der Waals surface area (Å²) in [6, 6.07) is 0. The molecule has 188 valence electrons. The van der Waals surface area contributed by atoms with Gasteiger partial charge in [0.1, 0.15) is 0 Å². The van der Waals surface area contributed by atoms with Crippen LogP contribution in [0.1, 0.15) is 118 Å². The van der Waals surface area contributed by atoms with E-state index in [0.29, 0.717) is 0 Å². The molecule has 3 saturated carbocycles. The van der Waals surface area contributed by atoms with Crippen LogP contribution in [0.4, 0.5) is 0 Å². The van der Waals surface area contributed by atoms with Gasteiger partial charge in [0, 0.05) is 0 Å². The molecule has 0 N–H and O–H groups in total. The zero-order valence-electron chi connectivity index (χ0n) is 22.3. The molecule has 3 aliphatic carbocycles. The van der Waals surface area contributed by atoms with Gasteiger partial charge in [-0.1, -0.05) is 105 Å². The first-order valence-corrected chi connectivity index (χ1v) is 17.9. The molecule has 0 radical (unpaired) electrons. The zero-order chi connectivity index (χ0) is 22.8. The molecule has 3 rings (SSSR count). The van der Waals surface area contributed by atoms with Gasteiger partial charge in [0.05, 0.1) is 0 Å². The normalized spacial score (nSPS) is 36.0. The molecule has 3 aliphatic rings. The van der Waals surface area contributed by atoms with E-state index in [9.17, 15) is 0 Å². The standard InChI is InChI=1S/C30H58P2/c1-5-7-19-31-21-27-28(22-32-20-8-6-2)30(26-17-13-10-14-18-26)24(4)23(3)29(27)25-15-11-9-12-16-25/h23-32H,5-22H2,1-4H3/t23?,24?,27-,28+,29?,30?. The van der Waals surface area contributed by atoms with Crippen LogP contribution in [0.3, 0.4) is 0 Å². The summed E-state index contributed by atoms with van der Waals surface area (Å²) in [5.41, 5.74) is 0. The molecule has 0 aliphatic heterocycles. The Labute approximate surface area is 206 Å². The molecule has 0 spiro atoms. The summed E-state index contributed by atoms with van der Waals surface area (Å²) >= 11 is 0. The molecule has 0 nitrogen and oxygen atoms in total. The molecule has 6 unspecified atom stereocenters. The molecule has 0 saturated heterocycles. The maximum Gasteiger partial charge on any atom is -0.0309 e. The molecule has 0 bridgehead atoms. The predicted octanol–water partition coefficient (Wildman–Crippen LogP) is 9.85. The molecule has 32 heavy (non-hydrogen) atoms. The van der Waals surface area contributed by atoms with Crippen molar-refractivity contribution in [2.45, 2.75) is 118 Å². The Balaban J connectivity index is 1.84. The van der Waals surface area contributed by atoms with Crippen LogP contribution in [0.5, 0.6) is 0 Å². The monoisotopic (exact) mass is 480 g/mol. The second-order valence-corrected chi connectivity index (χ2v) is 14.9. The smallest absolute Gasteiger partial charge is 0.0309 e. The predicted molar refractivity (Wildman–Crippen MR) is 151 cm³/mol. The summed E-state index contributed by atoms with van der Waals surface area (Å²) in [7, 11) is 2.49. The quantitative estimate of drug-likeness (QED) is 0.192. The Morgan fingerprint density at radius 1 is 0.562 bits per heavy atom. The van der Waals surface area contributed by atoms with E-state index in [1.54, 1.807) is 38.0 Å². The minimum absolute atomic E-state index is 0.973. The van der Waals surface area contributed by atoms with Gasteiger partial charge in [0.25, 0.3) is 0 Å². The van der Waals surface area contributed by atoms with Gasteiger partial charge in [0.2, 0.25) is 0 Å². The van der Waals surface area contributed by atoms with Gasteiger partial charge in [-0.25, -0.2) is 0 Å². The minimum Gasteiger partial charge on any atom is -0.122 e. The topological polar surface area (TPSA) is 0 Å². The van der Waals surface area contributed by atoms with E-state index >= 15 is 0 Å². The van der Waals surface area contributed by atoms with Gasteiger partial charge in [-0.15, -0.1) is 17.2 Å². The van der Waals surface area contributed by atoms with Gasteiger partial charge in [0.15, 0.2) is 0 Å². The average Bonchev–Trinajstić information content (AvgIpc) is 2.83. The fraction of sp³-hybridized carbons (Fsp3) is 1.00. The van der Waals surface area contributed by atoms with Crippen molar-refractivity contribution in [2.75, 3.05) is 24.6 Å². The third-order valence-corrected chi connectivity index (χ3v) is 13.1. The van der Waals surface area contributed by atoms with E-state index in [1.807, 2.05) is 0 Å². The number of hydrogen-bond donors (Lipinski definition) is 0. The van der Waals surface area contributed by atoms with Gasteiger partial charge < -0.3 is 0 Å². The molecule has 3 fully saturated rings. The Bertz CT molecular complexity index is 435. The van der Waals surface area contributed by atoms with E-state index in [1.165, 1.54) is 93.7 Å². The highest BCUT2D eigenvalue weighted by atomic mass is 31.1. The number of hydrogen-bond acceptors (Lipinski definition) is 0. The Hall–Kier alpha value is 0.860. The molecule has 0 aromatic rings. The van der Waals surface area contributed by atoms with Crippen molar-refractivity contribution in [1.29, 1.82) is 0 Å². The Morgan fingerprint density at radius 3 is 1.28 bits per heavy atom. The number of unbranched alkanes of at least 4 members (excludes halogenated alkanes) is 2. The molecule has 8 atom stereocenters. The first kappa shape index (κ1) is 27.4. The van der Waals surface area contributed by atoms with Crippen molar-refractivity contribution in [2.24, 2.45) is 47.3 Å². The van der Waals surface area contributed by atoms with E-state index < -0.39 is 0 Å². The van der Waals surface area contributed by atoms with Crippen LogP contribution in [-0.4, -0.2) is 24.6 Å². The van der Waals surface area contributed by atoms with Crippen LogP contribution in [0.25, 0.3) is 0 Å². The van der Waals surface area contributed by atoms with Crippen LogP contribution >= 0.6 is 17.2 Å². The van der Waals surface area contributed by atoms with Crippen molar-refractivity contribution in [1.82, 2.24) is 0 Å². The van der Waals surface area contributed by atoms with Crippen LogP contribution in [-0.2, 0) is 0 Å². The van der Waals surface area contributed by atoms with Crippen LogP contribution in [0.15, 0.2) is 0 Å². The van der Waals surface area contributed by atoms with Crippen molar-refractivity contribution in [3.8, 4) is 0 Å². The Kier molecular flexibility index (Phi) is 12.9. The lowest BCUT2D eigenvalue weighted by Crippen LogP contribution is -2.51. The Morgan fingerprint density at radius 2 is 0.938 bits per heavy atom. The van der Waals surface area contributed by atoms with E-state index in [2.05, 4.69) is 27.7 Å². The van der Waals surface area contributed by atoms with Crippen molar-refractivity contribution in [3.05, 3.63) is 0 Å². The maximum atomic E-state index is 2.73. The van der Waals surface area contributed by atoms with Crippen molar-refractivity contribution >= 4 is 17.2 Å². The first-order chi connectivity index (χ1) is 15.7. The van der Waals surface area contributed by atoms with Crippen LogP contribution in [0.2, 0.25) is 0 Å². The van der Waals surface area contributed by atoms with E-state index in [-0.39, 0.29) is 0 Å². The van der Waals surface area contributed by atoms with E-state index in [4.69, 9.17) is 0 Å². The van der Waals surface area contributed by atoms with Gasteiger partial charge >= 0.3 is 0 Å². The lowest BCUT2D eigenvalue weighted by Gasteiger charge is -2.56. The lowest BCUT2D eigenvalue weighted by atomic mass is 9.51. The minimum atomic E-state index is 0.973. The molecular formula is C30H58P2. The highest BCUT2D eigenvalue weighted by Gasteiger charge is 2.50. The van der Waals surface area contributed by atoms with E-state index in [0.717, 1.165) is 47.3 Å². The summed E-state index contributed by atoms with van der Waals surface area (Å²) in [5, 5.41) is 0. The summed E-state index contributed by atoms with van der Waals surface area (Å²) in [6.07, 6.45) is 27.4. The third-order valence-electron chi connectivity index (χ3n) is 10.1. The summed E-state index contributed by atoms with van der Waals surface area (Å²) in [5.74, 6) is 8.33. The maximum absolute atomic E-state index is 2.73. The molecule has 0 heterocycles. The summed E-state index contributed by atoms with van der Waals surface area (Å²) in [6.45, 7) is 10.2. The fourth-order valence-electron chi connectivity index (χ4n) is 8.36. The van der Waals surface area contributed by atoms with Crippen LogP contribution < -0.4 is 0 Å². The van der Waals surface area contributed by atoms with Crippen molar-refractivity contribution < 1.29 is 0 Å². The second kappa shape index (κ2) is 15.1. The molecule has 2 heteroatoms. The number of rotatable bonds is 12. The van der Waals surface area contributed by atoms with Crippen LogP contribution in [0, 0.1) is 47.3 Å². The molecule has 0 amide bonds. The second-order valence-electron chi connectivity index (χ2n) is 12.1. The largest absolute Gasteiger partial charge is 0.122 e. The third kappa shape index (κ3) is 7.43. The first-order valence-electron chi connectivity index (χ1n) is 15.1. The summed E-state index contributed by atoms with van der Waals surface area (Å²) < 4.78 is 0.